The van der Waals surface area contributed by atoms with Crippen LogP contribution in [-0.2, 0) is 17.8 Å². The summed E-state index contributed by atoms with van der Waals surface area (Å²) in [5.74, 6) is 2.64. The molecule has 180 valence electrons. The number of para-hydroxylation sites is 3. The maximum absolute atomic E-state index is 12.9. The number of carbonyl (C=O) groups is 1. The van der Waals surface area contributed by atoms with Crippen molar-refractivity contribution in [2.24, 2.45) is 0 Å². The van der Waals surface area contributed by atoms with Gasteiger partial charge in [-0.15, -0.1) is 0 Å². The van der Waals surface area contributed by atoms with Crippen molar-refractivity contribution in [2.45, 2.75) is 45.1 Å². The first-order valence-electron chi connectivity index (χ1n) is 12.6. The molecule has 1 aliphatic heterocycles. The fourth-order valence-corrected chi connectivity index (χ4v) is 5.05. The Morgan fingerprint density at radius 3 is 2.51 bits per heavy atom. The van der Waals surface area contributed by atoms with E-state index in [9.17, 15) is 4.79 Å². The summed E-state index contributed by atoms with van der Waals surface area (Å²) in [6.45, 7) is 7.07. The molecule has 3 aromatic carbocycles. The van der Waals surface area contributed by atoms with E-state index in [0.717, 1.165) is 35.6 Å². The van der Waals surface area contributed by atoms with Crippen molar-refractivity contribution in [1.29, 1.82) is 0 Å². The first-order chi connectivity index (χ1) is 17.1. The standard InChI is InChI=1S/C30H33N3O2/c1-22(2)25-12-6-9-15-28(25)35-19-18-33-27-14-8-7-13-26(27)31-30(33)24-20-29(34)32(21-24)17-16-23-10-4-3-5-11-23/h3-15,22,24H,16-21H2,1-2H3. The number of fused-ring (bicyclic) bond motifs is 1. The molecule has 1 unspecified atom stereocenters. The molecule has 1 atom stereocenters. The van der Waals surface area contributed by atoms with Gasteiger partial charge in [0.1, 0.15) is 18.2 Å². The van der Waals surface area contributed by atoms with Crippen LogP contribution >= 0.6 is 0 Å². The second kappa shape index (κ2) is 10.3. The Kier molecular flexibility index (Phi) is 6.84. The summed E-state index contributed by atoms with van der Waals surface area (Å²) in [5.41, 5.74) is 4.55. The topological polar surface area (TPSA) is 47.4 Å². The highest BCUT2D eigenvalue weighted by Gasteiger charge is 2.33. The second-order valence-electron chi connectivity index (χ2n) is 9.63. The molecule has 0 aliphatic carbocycles. The van der Waals surface area contributed by atoms with E-state index in [1.807, 2.05) is 53.4 Å². The molecule has 2 heterocycles. The van der Waals surface area contributed by atoms with Crippen LogP contribution in [0, 0.1) is 0 Å². The lowest BCUT2D eigenvalue weighted by atomic mass is 10.0. The van der Waals surface area contributed by atoms with Crippen LogP contribution in [0.3, 0.4) is 0 Å². The number of likely N-dealkylation sites (tertiary alicyclic amines) is 1. The number of amides is 1. The minimum absolute atomic E-state index is 0.0913. The van der Waals surface area contributed by atoms with Gasteiger partial charge in [0, 0.05) is 25.4 Å². The van der Waals surface area contributed by atoms with E-state index in [0.29, 0.717) is 32.0 Å². The van der Waals surface area contributed by atoms with Crippen molar-refractivity contribution in [3.63, 3.8) is 0 Å². The van der Waals surface area contributed by atoms with E-state index in [1.165, 1.54) is 11.1 Å². The van der Waals surface area contributed by atoms with Gasteiger partial charge in [0.2, 0.25) is 5.91 Å². The van der Waals surface area contributed by atoms with E-state index in [4.69, 9.17) is 9.72 Å². The van der Waals surface area contributed by atoms with Crippen LogP contribution in [0.5, 0.6) is 5.75 Å². The predicted molar refractivity (Wildman–Crippen MR) is 140 cm³/mol. The van der Waals surface area contributed by atoms with Crippen molar-refractivity contribution in [2.75, 3.05) is 19.7 Å². The van der Waals surface area contributed by atoms with E-state index in [1.54, 1.807) is 0 Å². The summed E-state index contributed by atoms with van der Waals surface area (Å²) in [7, 11) is 0. The summed E-state index contributed by atoms with van der Waals surface area (Å²) in [5, 5.41) is 0. The predicted octanol–water partition coefficient (Wildman–Crippen LogP) is 5.80. The molecular formula is C30H33N3O2. The molecule has 1 fully saturated rings. The van der Waals surface area contributed by atoms with Gasteiger partial charge in [0.05, 0.1) is 17.6 Å². The van der Waals surface area contributed by atoms with Gasteiger partial charge in [0.25, 0.3) is 0 Å². The van der Waals surface area contributed by atoms with Gasteiger partial charge in [-0.2, -0.15) is 0 Å². The molecule has 1 amide bonds. The molecule has 1 saturated heterocycles. The molecule has 0 bridgehead atoms. The molecule has 0 spiro atoms. The highest BCUT2D eigenvalue weighted by molar-refractivity contribution is 5.81. The van der Waals surface area contributed by atoms with Crippen LogP contribution in [0.1, 0.15) is 49.1 Å². The van der Waals surface area contributed by atoms with Crippen molar-refractivity contribution >= 4 is 16.9 Å². The quantitative estimate of drug-likeness (QED) is 0.313. The fourth-order valence-electron chi connectivity index (χ4n) is 5.05. The third-order valence-electron chi connectivity index (χ3n) is 6.89. The average Bonchev–Trinajstić information content (AvgIpc) is 3.43. The Labute approximate surface area is 207 Å². The number of hydrogen-bond acceptors (Lipinski definition) is 3. The van der Waals surface area contributed by atoms with Crippen molar-refractivity contribution in [3.05, 3.63) is 95.8 Å². The van der Waals surface area contributed by atoms with Gasteiger partial charge in [-0.25, -0.2) is 4.98 Å². The molecule has 0 saturated carbocycles. The molecule has 1 aromatic heterocycles. The third kappa shape index (κ3) is 5.09. The Hall–Kier alpha value is -3.60. The zero-order valence-corrected chi connectivity index (χ0v) is 20.6. The summed E-state index contributed by atoms with van der Waals surface area (Å²) in [6, 6.07) is 26.8. The monoisotopic (exact) mass is 467 g/mol. The Balaban J connectivity index is 1.32. The van der Waals surface area contributed by atoms with Gasteiger partial charge in [0.15, 0.2) is 0 Å². The molecule has 5 heteroatoms. The maximum atomic E-state index is 12.9. The molecule has 5 rings (SSSR count). The largest absolute Gasteiger partial charge is 0.491 e. The number of hydrogen-bond donors (Lipinski definition) is 0. The van der Waals surface area contributed by atoms with Crippen LogP contribution in [0.2, 0.25) is 0 Å². The number of benzene rings is 3. The zero-order chi connectivity index (χ0) is 24.2. The van der Waals surface area contributed by atoms with Crippen molar-refractivity contribution < 1.29 is 9.53 Å². The van der Waals surface area contributed by atoms with Crippen LogP contribution in [0.15, 0.2) is 78.9 Å². The normalized spacial score (nSPS) is 15.9. The molecule has 1 aliphatic rings. The van der Waals surface area contributed by atoms with Gasteiger partial charge in [-0.3, -0.25) is 4.79 Å². The molecule has 35 heavy (non-hydrogen) atoms. The fraction of sp³-hybridized carbons (Fsp3) is 0.333. The lowest BCUT2D eigenvalue weighted by Gasteiger charge is -2.18. The lowest BCUT2D eigenvalue weighted by molar-refractivity contribution is -0.127. The SMILES string of the molecule is CC(C)c1ccccc1OCCn1c(C2CC(=O)N(CCc3ccccc3)C2)nc2ccccc21. The third-order valence-corrected chi connectivity index (χ3v) is 6.89. The van der Waals surface area contributed by atoms with E-state index in [2.05, 4.69) is 48.7 Å². The first kappa shape index (κ1) is 23.2. The van der Waals surface area contributed by atoms with Gasteiger partial charge < -0.3 is 14.2 Å². The van der Waals surface area contributed by atoms with Crippen LogP contribution in [-0.4, -0.2) is 40.1 Å². The second-order valence-corrected chi connectivity index (χ2v) is 9.63. The van der Waals surface area contributed by atoms with E-state index in [-0.39, 0.29) is 11.8 Å². The highest BCUT2D eigenvalue weighted by atomic mass is 16.5. The van der Waals surface area contributed by atoms with Gasteiger partial charge >= 0.3 is 0 Å². The number of carbonyl (C=O) groups excluding carboxylic acids is 1. The molecule has 0 radical (unpaired) electrons. The lowest BCUT2D eigenvalue weighted by Crippen LogP contribution is -2.27. The highest BCUT2D eigenvalue weighted by Crippen LogP contribution is 2.31. The molecular weight excluding hydrogens is 434 g/mol. The molecule has 5 nitrogen and oxygen atoms in total. The minimum Gasteiger partial charge on any atom is -0.491 e. The number of rotatable bonds is 9. The number of ether oxygens (including phenoxy) is 1. The van der Waals surface area contributed by atoms with Gasteiger partial charge in [-0.05, 0) is 41.7 Å². The van der Waals surface area contributed by atoms with Gasteiger partial charge in [-0.1, -0.05) is 74.5 Å². The summed E-state index contributed by atoms with van der Waals surface area (Å²) >= 11 is 0. The Morgan fingerprint density at radius 2 is 1.69 bits per heavy atom. The summed E-state index contributed by atoms with van der Waals surface area (Å²) in [6.07, 6.45) is 1.38. The Morgan fingerprint density at radius 1 is 0.943 bits per heavy atom. The van der Waals surface area contributed by atoms with Crippen molar-refractivity contribution in [3.8, 4) is 5.75 Å². The number of imidazole rings is 1. The summed E-state index contributed by atoms with van der Waals surface area (Å²) in [4.78, 5) is 19.8. The first-order valence-corrected chi connectivity index (χ1v) is 12.6. The number of aromatic nitrogens is 2. The molecule has 0 N–H and O–H groups in total. The number of nitrogens with zero attached hydrogens (tertiary/aromatic N) is 3. The molecule has 4 aromatic rings. The minimum atomic E-state index is 0.0913. The van der Waals surface area contributed by atoms with Crippen LogP contribution in [0.4, 0.5) is 0 Å². The summed E-state index contributed by atoms with van der Waals surface area (Å²) < 4.78 is 8.50. The van der Waals surface area contributed by atoms with E-state index >= 15 is 0 Å². The van der Waals surface area contributed by atoms with Crippen molar-refractivity contribution in [1.82, 2.24) is 14.5 Å². The smallest absolute Gasteiger partial charge is 0.223 e. The van der Waals surface area contributed by atoms with Crippen LogP contribution in [0.25, 0.3) is 11.0 Å². The van der Waals surface area contributed by atoms with E-state index < -0.39 is 0 Å². The Bertz CT molecular complexity index is 1300. The maximum Gasteiger partial charge on any atom is 0.223 e. The average molecular weight is 468 g/mol. The van der Waals surface area contributed by atoms with Crippen LogP contribution < -0.4 is 4.74 Å². The zero-order valence-electron chi connectivity index (χ0n) is 20.6.